The van der Waals surface area contributed by atoms with Crippen LogP contribution in [0, 0.1) is 6.92 Å². The Morgan fingerprint density at radius 1 is 0.769 bits per heavy atom. The van der Waals surface area contributed by atoms with Crippen molar-refractivity contribution in [1.82, 2.24) is 0 Å². The fourth-order valence-electron chi connectivity index (χ4n) is 3.30. The van der Waals surface area contributed by atoms with Crippen LogP contribution in [0.5, 0.6) is 0 Å². The number of hydrogen-bond donors (Lipinski definition) is 1. The normalized spacial score (nSPS) is 10.7. The molecule has 26 heavy (non-hydrogen) atoms. The van der Waals surface area contributed by atoms with E-state index < -0.39 is 0 Å². The van der Waals surface area contributed by atoms with Crippen molar-refractivity contribution in [2.24, 2.45) is 5.73 Å². The summed E-state index contributed by atoms with van der Waals surface area (Å²) in [6.07, 6.45) is 2.10. The predicted molar refractivity (Wildman–Crippen MR) is 111 cm³/mol. The number of rotatable bonds is 8. The van der Waals surface area contributed by atoms with Gasteiger partial charge in [-0.05, 0) is 60.7 Å². The van der Waals surface area contributed by atoms with E-state index in [0.717, 1.165) is 32.5 Å². The summed E-state index contributed by atoms with van der Waals surface area (Å²) >= 11 is 0. The Labute approximate surface area is 157 Å². The van der Waals surface area contributed by atoms with Gasteiger partial charge in [-0.1, -0.05) is 66.7 Å². The SMILES string of the molecule is Cc1cc(N(Cc2ccccc2)Cc2ccccc2)ccc1CCCN. The van der Waals surface area contributed by atoms with Crippen molar-refractivity contribution in [2.45, 2.75) is 32.9 Å². The summed E-state index contributed by atoms with van der Waals surface area (Å²) in [6, 6.07) is 28.2. The monoisotopic (exact) mass is 344 g/mol. The van der Waals surface area contributed by atoms with Crippen LogP contribution in [0.15, 0.2) is 78.9 Å². The van der Waals surface area contributed by atoms with Crippen LogP contribution in [-0.2, 0) is 19.5 Å². The van der Waals surface area contributed by atoms with Crippen LogP contribution >= 0.6 is 0 Å². The Bertz CT molecular complexity index is 755. The first-order valence-corrected chi connectivity index (χ1v) is 9.38. The van der Waals surface area contributed by atoms with Gasteiger partial charge in [0.2, 0.25) is 0 Å². The Morgan fingerprint density at radius 3 is 1.85 bits per heavy atom. The molecule has 0 saturated heterocycles. The van der Waals surface area contributed by atoms with Gasteiger partial charge in [-0.15, -0.1) is 0 Å². The molecule has 0 aliphatic heterocycles. The molecule has 0 aliphatic rings. The van der Waals surface area contributed by atoms with Gasteiger partial charge in [0.1, 0.15) is 0 Å². The third-order valence-electron chi connectivity index (χ3n) is 4.77. The maximum Gasteiger partial charge on any atom is 0.0433 e. The zero-order chi connectivity index (χ0) is 18.2. The molecule has 0 saturated carbocycles. The molecule has 0 aliphatic carbocycles. The highest BCUT2D eigenvalue weighted by Crippen LogP contribution is 2.24. The van der Waals surface area contributed by atoms with Gasteiger partial charge in [-0.2, -0.15) is 0 Å². The molecular weight excluding hydrogens is 316 g/mol. The Balaban J connectivity index is 1.85. The standard InChI is InChI=1S/C24H28N2/c1-20-17-24(15-14-23(20)13-8-16-25)26(18-21-9-4-2-5-10-21)19-22-11-6-3-7-12-22/h2-7,9-12,14-15,17H,8,13,16,18-19,25H2,1H3. The quantitative estimate of drug-likeness (QED) is 0.616. The van der Waals surface area contributed by atoms with Gasteiger partial charge in [-0.3, -0.25) is 0 Å². The maximum atomic E-state index is 5.67. The minimum atomic E-state index is 0.745. The first-order valence-electron chi connectivity index (χ1n) is 9.38. The molecular formula is C24H28N2. The molecule has 2 heteroatoms. The lowest BCUT2D eigenvalue weighted by molar-refractivity contribution is 0.795. The van der Waals surface area contributed by atoms with Gasteiger partial charge in [0.15, 0.2) is 0 Å². The molecule has 0 atom stereocenters. The van der Waals surface area contributed by atoms with Crippen molar-refractivity contribution in [3.63, 3.8) is 0 Å². The number of aryl methyl sites for hydroxylation is 2. The average Bonchev–Trinajstić information content (AvgIpc) is 2.68. The number of nitrogens with two attached hydrogens (primary N) is 1. The minimum absolute atomic E-state index is 0.745. The molecule has 0 aromatic heterocycles. The van der Waals surface area contributed by atoms with Crippen molar-refractivity contribution in [3.8, 4) is 0 Å². The fraction of sp³-hybridized carbons (Fsp3) is 0.250. The summed E-state index contributed by atoms with van der Waals surface area (Å²) in [5, 5.41) is 0. The summed E-state index contributed by atoms with van der Waals surface area (Å²) in [4.78, 5) is 2.45. The molecule has 0 amide bonds. The van der Waals surface area contributed by atoms with Gasteiger partial charge in [0, 0.05) is 18.8 Å². The van der Waals surface area contributed by atoms with Gasteiger partial charge in [-0.25, -0.2) is 0 Å². The zero-order valence-electron chi connectivity index (χ0n) is 15.6. The van der Waals surface area contributed by atoms with E-state index in [1.165, 1.54) is 27.9 Å². The van der Waals surface area contributed by atoms with Gasteiger partial charge >= 0.3 is 0 Å². The second kappa shape index (κ2) is 9.21. The van der Waals surface area contributed by atoms with Gasteiger partial charge < -0.3 is 10.6 Å². The second-order valence-electron chi connectivity index (χ2n) is 6.83. The third kappa shape index (κ3) is 4.96. The van der Waals surface area contributed by atoms with Crippen molar-refractivity contribution < 1.29 is 0 Å². The summed E-state index contributed by atoms with van der Waals surface area (Å²) in [5.74, 6) is 0. The molecule has 134 valence electrons. The van der Waals surface area contributed by atoms with Crippen molar-refractivity contribution in [1.29, 1.82) is 0 Å². The number of nitrogens with zero attached hydrogens (tertiary/aromatic N) is 1. The van der Waals surface area contributed by atoms with Crippen molar-refractivity contribution in [2.75, 3.05) is 11.4 Å². The Hall–Kier alpha value is -2.58. The van der Waals surface area contributed by atoms with Crippen molar-refractivity contribution in [3.05, 3.63) is 101 Å². The Kier molecular flexibility index (Phi) is 6.45. The van der Waals surface area contributed by atoms with E-state index in [9.17, 15) is 0 Å². The van der Waals surface area contributed by atoms with Gasteiger partial charge in [0.25, 0.3) is 0 Å². The highest BCUT2D eigenvalue weighted by Gasteiger charge is 2.10. The van der Waals surface area contributed by atoms with E-state index in [1.54, 1.807) is 0 Å². The van der Waals surface area contributed by atoms with Crippen LogP contribution in [-0.4, -0.2) is 6.54 Å². The van der Waals surface area contributed by atoms with Crippen LogP contribution in [0.4, 0.5) is 5.69 Å². The Morgan fingerprint density at radius 2 is 1.35 bits per heavy atom. The molecule has 0 bridgehead atoms. The molecule has 3 aromatic rings. The molecule has 3 aromatic carbocycles. The third-order valence-corrected chi connectivity index (χ3v) is 4.77. The molecule has 0 heterocycles. The lowest BCUT2D eigenvalue weighted by Gasteiger charge is -2.26. The van der Waals surface area contributed by atoms with E-state index in [-0.39, 0.29) is 0 Å². The zero-order valence-corrected chi connectivity index (χ0v) is 15.6. The molecule has 2 N–H and O–H groups in total. The highest BCUT2D eigenvalue weighted by atomic mass is 15.1. The van der Waals surface area contributed by atoms with Crippen LogP contribution < -0.4 is 10.6 Å². The first-order chi connectivity index (χ1) is 12.8. The van der Waals surface area contributed by atoms with E-state index in [0.29, 0.717) is 0 Å². The molecule has 0 fully saturated rings. The molecule has 0 unspecified atom stereocenters. The van der Waals surface area contributed by atoms with E-state index >= 15 is 0 Å². The van der Waals surface area contributed by atoms with Crippen LogP contribution in [0.3, 0.4) is 0 Å². The molecule has 3 rings (SSSR count). The van der Waals surface area contributed by atoms with Crippen LogP contribution in [0.1, 0.15) is 28.7 Å². The smallest absolute Gasteiger partial charge is 0.0433 e. The van der Waals surface area contributed by atoms with E-state index in [1.807, 2.05) is 0 Å². The number of anilines is 1. The lowest BCUT2D eigenvalue weighted by Crippen LogP contribution is -2.22. The summed E-state index contributed by atoms with van der Waals surface area (Å²) in [6.45, 7) is 4.75. The summed E-state index contributed by atoms with van der Waals surface area (Å²) in [5.41, 5.74) is 12.3. The maximum absolute atomic E-state index is 5.67. The molecule has 0 spiro atoms. The summed E-state index contributed by atoms with van der Waals surface area (Å²) in [7, 11) is 0. The van der Waals surface area contributed by atoms with Gasteiger partial charge in [0.05, 0.1) is 0 Å². The largest absolute Gasteiger partial charge is 0.363 e. The predicted octanol–water partition coefficient (Wildman–Crippen LogP) is 5.09. The number of benzene rings is 3. The van der Waals surface area contributed by atoms with E-state index in [2.05, 4.69) is 90.7 Å². The summed E-state index contributed by atoms with van der Waals surface area (Å²) < 4.78 is 0. The van der Waals surface area contributed by atoms with Crippen LogP contribution in [0.25, 0.3) is 0 Å². The average molecular weight is 345 g/mol. The second-order valence-corrected chi connectivity index (χ2v) is 6.83. The fourth-order valence-corrected chi connectivity index (χ4v) is 3.30. The lowest BCUT2D eigenvalue weighted by atomic mass is 10.0. The minimum Gasteiger partial charge on any atom is -0.363 e. The molecule has 2 nitrogen and oxygen atoms in total. The highest BCUT2D eigenvalue weighted by molar-refractivity contribution is 5.52. The van der Waals surface area contributed by atoms with Crippen LogP contribution in [0.2, 0.25) is 0 Å². The van der Waals surface area contributed by atoms with E-state index in [4.69, 9.17) is 5.73 Å². The first kappa shape index (κ1) is 18.2. The van der Waals surface area contributed by atoms with Crippen molar-refractivity contribution >= 4 is 5.69 Å². The number of hydrogen-bond acceptors (Lipinski definition) is 2. The molecule has 0 radical (unpaired) electrons. The topological polar surface area (TPSA) is 29.3 Å².